The minimum absolute atomic E-state index is 0.704. The first-order chi connectivity index (χ1) is 7.56. The van der Waals surface area contributed by atoms with Crippen molar-refractivity contribution in [3.05, 3.63) is 16.9 Å². The second-order valence-corrected chi connectivity index (χ2v) is 6.80. The van der Waals surface area contributed by atoms with Crippen molar-refractivity contribution < 1.29 is 0 Å². The van der Waals surface area contributed by atoms with Gasteiger partial charge in [0, 0.05) is 37.2 Å². The maximum absolute atomic E-state index is 6.12. The van der Waals surface area contributed by atoms with E-state index in [4.69, 9.17) is 11.6 Å². The minimum Gasteiger partial charge on any atom is -0.295 e. The van der Waals surface area contributed by atoms with Gasteiger partial charge in [-0.25, -0.2) is 0 Å². The molecule has 0 saturated carbocycles. The Balaban J connectivity index is 2.04. The van der Waals surface area contributed by atoms with Crippen molar-refractivity contribution in [2.75, 3.05) is 13.1 Å². The average molecular weight is 260 g/mol. The van der Waals surface area contributed by atoms with E-state index in [0.29, 0.717) is 10.5 Å². The van der Waals surface area contributed by atoms with Gasteiger partial charge >= 0.3 is 0 Å². The summed E-state index contributed by atoms with van der Waals surface area (Å²) in [5.41, 5.74) is 1.12. The van der Waals surface area contributed by atoms with Gasteiger partial charge in [-0.15, -0.1) is 0 Å². The van der Waals surface area contributed by atoms with Crippen LogP contribution in [0.1, 0.15) is 19.5 Å². The SMILES string of the molecule is C[C@@H]1CN(Cc2c(Cl)cnn2C)C[C@H](C)S1. The summed E-state index contributed by atoms with van der Waals surface area (Å²) in [5, 5.41) is 6.36. The van der Waals surface area contributed by atoms with Gasteiger partial charge in [-0.2, -0.15) is 16.9 Å². The van der Waals surface area contributed by atoms with Crippen LogP contribution in [0.3, 0.4) is 0 Å². The summed E-state index contributed by atoms with van der Waals surface area (Å²) in [4.78, 5) is 2.47. The third kappa shape index (κ3) is 2.73. The summed E-state index contributed by atoms with van der Waals surface area (Å²) in [6, 6.07) is 0. The Bertz CT molecular complexity index is 337. The molecule has 5 heteroatoms. The van der Waals surface area contributed by atoms with Crippen LogP contribution >= 0.6 is 23.4 Å². The molecule has 0 bridgehead atoms. The predicted molar refractivity (Wildman–Crippen MR) is 70.0 cm³/mol. The van der Waals surface area contributed by atoms with Crippen molar-refractivity contribution in [2.24, 2.45) is 7.05 Å². The highest BCUT2D eigenvalue weighted by Crippen LogP contribution is 2.26. The van der Waals surface area contributed by atoms with E-state index in [0.717, 1.165) is 30.4 Å². The molecule has 0 spiro atoms. The molecular weight excluding hydrogens is 242 g/mol. The lowest BCUT2D eigenvalue weighted by molar-refractivity contribution is 0.256. The Morgan fingerprint density at radius 3 is 2.56 bits per heavy atom. The Morgan fingerprint density at radius 2 is 2.06 bits per heavy atom. The van der Waals surface area contributed by atoms with Crippen LogP contribution in [0.15, 0.2) is 6.20 Å². The van der Waals surface area contributed by atoms with Crippen LogP contribution < -0.4 is 0 Å². The second-order valence-electron chi connectivity index (χ2n) is 4.51. The Labute approximate surface area is 106 Å². The molecule has 0 aromatic carbocycles. The quantitative estimate of drug-likeness (QED) is 0.814. The van der Waals surface area contributed by atoms with Crippen LogP contribution in [-0.4, -0.2) is 38.3 Å². The van der Waals surface area contributed by atoms with E-state index >= 15 is 0 Å². The van der Waals surface area contributed by atoms with Crippen LogP contribution in [0.4, 0.5) is 0 Å². The molecule has 0 aliphatic carbocycles. The molecule has 0 N–H and O–H groups in total. The van der Waals surface area contributed by atoms with Crippen molar-refractivity contribution in [1.82, 2.24) is 14.7 Å². The molecule has 1 aromatic heterocycles. The van der Waals surface area contributed by atoms with E-state index in [1.165, 1.54) is 0 Å². The number of thioether (sulfide) groups is 1. The van der Waals surface area contributed by atoms with Crippen molar-refractivity contribution in [1.29, 1.82) is 0 Å². The molecule has 1 aliphatic heterocycles. The fourth-order valence-corrected chi connectivity index (χ4v) is 3.85. The molecule has 2 rings (SSSR count). The van der Waals surface area contributed by atoms with E-state index in [1.54, 1.807) is 6.20 Å². The zero-order chi connectivity index (χ0) is 11.7. The fourth-order valence-electron chi connectivity index (χ4n) is 2.24. The van der Waals surface area contributed by atoms with E-state index in [2.05, 4.69) is 35.6 Å². The highest BCUT2D eigenvalue weighted by molar-refractivity contribution is 8.00. The fraction of sp³-hybridized carbons (Fsp3) is 0.727. The van der Waals surface area contributed by atoms with Gasteiger partial charge in [-0.05, 0) is 0 Å². The van der Waals surface area contributed by atoms with E-state index in [1.807, 2.05) is 11.7 Å². The number of aryl methyl sites for hydroxylation is 1. The summed E-state index contributed by atoms with van der Waals surface area (Å²) in [7, 11) is 1.95. The highest BCUT2D eigenvalue weighted by Gasteiger charge is 2.23. The number of aromatic nitrogens is 2. The van der Waals surface area contributed by atoms with Crippen molar-refractivity contribution in [3.63, 3.8) is 0 Å². The van der Waals surface area contributed by atoms with Gasteiger partial charge in [-0.1, -0.05) is 25.4 Å². The van der Waals surface area contributed by atoms with Crippen LogP contribution in [0.25, 0.3) is 0 Å². The monoisotopic (exact) mass is 259 g/mol. The summed E-state index contributed by atoms with van der Waals surface area (Å²) < 4.78 is 1.87. The van der Waals surface area contributed by atoms with Crippen LogP contribution in [0.5, 0.6) is 0 Å². The molecule has 1 saturated heterocycles. The van der Waals surface area contributed by atoms with Crippen LogP contribution in [0, 0.1) is 0 Å². The molecule has 0 unspecified atom stereocenters. The molecule has 2 heterocycles. The van der Waals surface area contributed by atoms with Gasteiger partial charge in [0.25, 0.3) is 0 Å². The Morgan fingerprint density at radius 1 is 1.44 bits per heavy atom. The molecule has 3 nitrogen and oxygen atoms in total. The van der Waals surface area contributed by atoms with Crippen molar-refractivity contribution >= 4 is 23.4 Å². The van der Waals surface area contributed by atoms with Gasteiger partial charge in [-0.3, -0.25) is 9.58 Å². The second kappa shape index (κ2) is 4.98. The number of hydrogen-bond acceptors (Lipinski definition) is 3. The molecule has 2 atom stereocenters. The number of hydrogen-bond donors (Lipinski definition) is 0. The Hall–Kier alpha value is -0.190. The van der Waals surface area contributed by atoms with Gasteiger partial charge in [0.2, 0.25) is 0 Å². The third-order valence-electron chi connectivity index (χ3n) is 2.88. The van der Waals surface area contributed by atoms with Gasteiger partial charge in [0.1, 0.15) is 0 Å². The van der Waals surface area contributed by atoms with Crippen molar-refractivity contribution in [3.8, 4) is 0 Å². The lowest BCUT2D eigenvalue weighted by atomic mass is 10.3. The highest BCUT2D eigenvalue weighted by atomic mass is 35.5. The van der Waals surface area contributed by atoms with Crippen molar-refractivity contribution in [2.45, 2.75) is 30.9 Å². The van der Waals surface area contributed by atoms with Crippen LogP contribution in [0.2, 0.25) is 5.02 Å². The zero-order valence-electron chi connectivity index (χ0n) is 9.98. The van der Waals surface area contributed by atoms with E-state index in [9.17, 15) is 0 Å². The first-order valence-corrected chi connectivity index (χ1v) is 6.92. The Kier molecular flexibility index (Phi) is 3.82. The minimum atomic E-state index is 0.704. The lowest BCUT2D eigenvalue weighted by Crippen LogP contribution is -2.40. The number of halogens is 1. The predicted octanol–water partition coefficient (Wildman–Crippen LogP) is 2.40. The normalized spacial score (nSPS) is 27.2. The van der Waals surface area contributed by atoms with E-state index in [-0.39, 0.29) is 0 Å². The molecule has 90 valence electrons. The third-order valence-corrected chi connectivity index (χ3v) is 4.42. The number of rotatable bonds is 2. The smallest absolute Gasteiger partial charge is 0.0831 e. The standard InChI is InChI=1S/C11H18ClN3S/c1-8-5-15(6-9(2)16-8)7-11-10(12)4-13-14(11)3/h4,8-9H,5-7H2,1-3H3/t8-,9+. The molecule has 16 heavy (non-hydrogen) atoms. The first-order valence-electron chi connectivity index (χ1n) is 5.60. The molecule has 1 aromatic rings. The largest absolute Gasteiger partial charge is 0.295 e. The molecule has 1 fully saturated rings. The molecule has 1 aliphatic rings. The van der Waals surface area contributed by atoms with Crippen LogP contribution in [-0.2, 0) is 13.6 Å². The summed E-state index contributed by atoms with van der Waals surface area (Å²) in [6.07, 6.45) is 1.72. The summed E-state index contributed by atoms with van der Waals surface area (Å²) in [6.45, 7) is 7.76. The molecule has 0 radical (unpaired) electrons. The van der Waals surface area contributed by atoms with Gasteiger partial charge in [0.15, 0.2) is 0 Å². The molecule has 0 amide bonds. The summed E-state index contributed by atoms with van der Waals surface area (Å²) >= 11 is 8.19. The van der Waals surface area contributed by atoms with Gasteiger partial charge in [0.05, 0.1) is 16.9 Å². The van der Waals surface area contributed by atoms with Gasteiger partial charge < -0.3 is 0 Å². The maximum atomic E-state index is 6.12. The zero-order valence-corrected chi connectivity index (χ0v) is 11.6. The maximum Gasteiger partial charge on any atom is 0.0831 e. The average Bonchev–Trinajstić information content (AvgIpc) is 2.48. The first kappa shape index (κ1) is 12.3. The summed E-state index contributed by atoms with van der Waals surface area (Å²) in [5.74, 6) is 0. The lowest BCUT2D eigenvalue weighted by Gasteiger charge is -2.34. The topological polar surface area (TPSA) is 21.1 Å². The number of nitrogens with zero attached hydrogens (tertiary/aromatic N) is 3. The molecular formula is C11H18ClN3S. The van der Waals surface area contributed by atoms with E-state index < -0.39 is 0 Å².